The van der Waals surface area contributed by atoms with Crippen LogP contribution in [-0.2, 0) is 28.4 Å². The molecule has 1 aromatic heterocycles. The van der Waals surface area contributed by atoms with Gasteiger partial charge in [0.2, 0.25) is 5.91 Å². The lowest BCUT2D eigenvalue weighted by Crippen LogP contribution is -2.43. The van der Waals surface area contributed by atoms with Gasteiger partial charge in [-0.3, -0.25) is 23.4 Å². The molecule has 1 aliphatic heterocycles. The normalized spacial score (nSPS) is 14.1. The fraction of sp³-hybridized carbons (Fsp3) is 0.286. The summed E-state index contributed by atoms with van der Waals surface area (Å²) in [6.07, 6.45) is 1.73. The number of nitrogens with one attached hydrogen (secondary N) is 1. The Kier molecular flexibility index (Phi) is 6.02. The molecule has 0 bridgehead atoms. The second kappa shape index (κ2) is 8.64. The Morgan fingerprint density at radius 3 is 2.48 bits per heavy atom. The van der Waals surface area contributed by atoms with Crippen LogP contribution in [0.3, 0.4) is 0 Å². The Morgan fingerprint density at radius 2 is 1.82 bits per heavy atom. The van der Waals surface area contributed by atoms with Crippen LogP contribution in [0.2, 0.25) is 5.02 Å². The molecule has 174 valence electrons. The van der Waals surface area contributed by atoms with Crippen LogP contribution in [0, 0.1) is 5.82 Å². The number of aryl methyl sites for hydroxylation is 1. The van der Waals surface area contributed by atoms with Crippen molar-refractivity contribution in [3.63, 3.8) is 0 Å². The van der Waals surface area contributed by atoms with E-state index in [2.05, 4.69) is 4.72 Å². The number of carbonyl (C=O) groups is 1. The van der Waals surface area contributed by atoms with Crippen LogP contribution in [0.25, 0.3) is 10.9 Å². The summed E-state index contributed by atoms with van der Waals surface area (Å²) in [5, 5.41) is -0.291. The molecule has 0 unspecified atom stereocenters. The molecule has 4 rings (SSSR count). The van der Waals surface area contributed by atoms with Crippen LogP contribution in [0.5, 0.6) is 0 Å². The van der Waals surface area contributed by atoms with Crippen LogP contribution < -0.4 is 16.0 Å². The summed E-state index contributed by atoms with van der Waals surface area (Å²) >= 11 is 5.71. The molecule has 1 saturated heterocycles. The number of anilines is 1. The fourth-order valence-corrected chi connectivity index (χ4v) is 5.03. The van der Waals surface area contributed by atoms with E-state index in [-0.39, 0.29) is 32.4 Å². The van der Waals surface area contributed by atoms with Crippen molar-refractivity contribution in [2.75, 3.05) is 17.8 Å². The number of halogens is 2. The lowest BCUT2D eigenvalue weighted by molar-refractivity contribution is -0.130. The lowest BCUT2D eigenvalue weighted by atomic mass is 10.2. The second-order valence-electron chi connectivity index (χ2n) is 7.73. The first-order valence-electron chi connectivity index (χ1n) is 10.1. The minimum absolute atomic E-state index is 0.0358. The van der Waals surface area contributed by atoms with Gasteiger partial charge in [0.15, 0.2) is 0 Å². The molecule has 0 radical (unpaired) electrons. The summed E-state index contributed by atoms with van der Waals surface area (Å²) < 4.78 is 43.4. The molecule has 2 aromatic carbocycles. The average molecular weight is 495 g/mol. The van der Waals surface area contributed by atoms with E-state index in [4.69, 9.17) is 11.6 Å². The van der Waals surface area contributed by atoms with E-state index in [1.165, 1.54) is 29.8 Å². The number of aromatic nitrogens is 2. The maximum atomic E-state index is 13.4. The molecule has 0 atom stereocenters. The van der Waals surface area contributed by atoms with E-state index in [9.17, 15) is 27.2 Å². The molecule has 1 aliphatic rings. The van der Waals surface area contributed by atoms with Crippen molar-refractivity contribution < 1.29 is 17.6 Å². The number of benzene rings is 2. The third-order valence-corrected chi connectivity index (χ3v) is 7.23. The molecular weight excluding hydrogens is 475 g/mol. The number of nitrogens with zero attached hydrogens (tertiary/aromatic N) is 3. The van der Waals surface area contributed by atoms with Crippen LogP contribution in [0.15, 0.2) is 50.9 Å². The molecule has 3 aromatic rings. The second-order valence-corrected chi connectivity index (χ2v) is 9.82. The summed E-state index contributed by atoms with van der Waals surface area (Å²) in [4.78, 5) is 39.7. The maximum Gasteiger partial charge on any atom is 0.331 e. The summed E-state index contributed by atoms with van der Waals surface area (Å²) in [5.41, 5.74) is -1.17. The molecule has 0 spiro atoms. The number of carbonyl (C=O) groups excluding carboxylic acids is 1. The van der Waals surface area contributed by atoms with Crippen molar-refractivity contribution in [3.8, 4) is 0 Å². The zero-order valence-corrected chi connectivity index (χ0v) is 19.1. The third-order valence-electron chi connectivity index (χ3n) is 5.56. The first-order valence-corrected chi connectivity index (χ1v) is 11.9. The van der Waals surface area contributed by atoms with Gasteiger partial charge >= 0.3 is 5.69 Å². The summed E-state index contributed by atoms with van der Waals surface area (Å²) in [6.45, 7) is 0.719. The molecule has 33 heavy (non-hydrogen) atoms. The van der Waals surface area contributed by atoms with Gasteiger partial charge in [-0.15, -0.1) is 0 Å². The molecule has 1 amide bonds. The first-order chi connectivity index (χ1) is 15.6. The molecule has 0 saturated carbocycles. The summed E-state index contributed by atoms with van der Waals surface area (Å²) in [5.74, 6) is -1.04. The van der Waals surface area contributed by atoms with Gasteiger partial charge in [0.25, 0.3) is 15.6 Å². The molecule has 0 aliphatic carbocycles. The minimum atomic E-state index is -4.16. The molecule has 12 heteroatoms. The highest BCUT2D eigenvalue weighted by Crippen LogP contribution is 2.23. The first kappa shape index (κ1) is 23.0. The van der Waals surface area contributed by atoms with E-state index in [1.54, 1.807) is 4.90 Å². The van der Waals surface area contributed by atoms with Gasteiger partial charge in [-0.05, 0) is 49.2 Å². The summed E-state index contributed by atoms with van der Waals surface area (Å²) in [7, 11) is -2.73. The van der Waals surface area contributed by atoms with Gasteiger partial charge in [0, 0.05) is 20.1 Å². The Hall–Kier alpha value is -3.18. The van der Waals surface area contributed by atoms with Crippen molar-refractivity contribution >= 4 is 44.1 Å². The maximum absolute atomic E-state index is 13.4. The van der Waals surface area contributed by atoms with Crippen molar-refractivity contribution in [1.29, 1.82) is 0 Å². The Balaban J connectivity index is 1.75. The zero-order chi connectivity index (χ0) is 23.9. The largest absolute Gasteiger partial charge is 0.341 e. The number of fused-ring (bicyclic) bond motifs is 1. The van der Waals surface area contributed by atoms with E-state index in [0.29, 0.717) is 13.1 Å². The van der Waals surface area contributed by atoms with E-state index < -0.39 is 33.6 Å². The standard InChI is InChI=1S/C21H20ClFN4O5S/c1-25-18-7-5-14(33(31,32)24-13-4-6-17(23)16(22)10-13)11-15(18)20(29)27(21(25)30)12-19(28)26-8-2-3-9-26/h4-7,10-11,24H,2-3,8-9,12H2,1H3. The van der Waals surface area contributed by atoms with Crippen LogP contribution in [0.1, 0.15) is 12.8 Å². The van der Waals surface area contributed by atoms with Gasteiger partial charge in [-0.25, -0.2) is 17.6 Å². The number of hydrogen-bond donors (Lipinski definition) is 1. The van der Waals surface area contributed by atoms with Crippen molar-refractivity contribution in [2.24, 2.45) is 7.05 Å². The molecular formula is C21H20ClFN4O5S. The van der Waals surface area contributed by atoms with Crippen molar-refractivity contribution in [3.05, 3.63) is 68.1 Å². The predicted octanol–water partition coefficient (Wildman–Crippen LogP) is 1.92. The number of rotatable bonds is 5. The number of hydrogen-bond acceptors (Lipinski definition) is 5. The molecule has 1 fully saturated rings. The average Bonchev–Trinajstić information content (AvgIpc) is 3.32. The van der Waals surface area contributed by atoms with E-state index in [0.717, 1.165) is 35.6 Å². The Labute approximate surface area is 193 Å². The fourth-order valence-electron chi connectivity index (χ4n) is 3.78. The number of sulfonamides is 1. The van der Waals surface area contributed by atoms with Gasteiger partial charge in [-0.1, -0.05) is 11.6 Å². The Morgan fingerprint density at radius 1 is 1.12 bits per heavy atom. The van der Waals surface area contributed by atoms with E-state index >= 15 is 0 Å². The highest BCUT2D eigenvalue weighted by molar-refractivity contribution is 7.92. The van der Waals surface area contributed by atoms with Crippen molar-refractivity contribution in [1.82, 2.24) is 14.0 Å². The highest BCUT2D eigenvalue weighted by atomic mass is 35.5. The quantitative estimate of drug-likeness (QED) is 0.582. The molecule has 9 nitrogen and oxygen atoms in total. The van der Waals surface area contributed by atoms with Gasteiger partial charge in [-0.2, -0.15) is 0 Å². The molecule has 2 heterocycles. The Bertz CT molecular complexity index is 1490. The van der Waals surface area contributed by atoms with E-state index in [1.807, 2.05) is 0 Å². The minimum Gasteiger partial charge on any atom is -0.341 e. The van der Waals surface area contributed by atoms with Crippen LogP contribution >= 0.6 is 11.6 Å². The molecule has 1 N–H and O–H groups in total. The monoisotopic (exact) mass is 494 g/mol. The summed E-state index contributed by atoms with van der Waals surface area (Å²) in [6, 6.07) is 7.08. The lowest BCUT2D eigenvalue weighted by Gasteiger charge is -2.17. The highest BCUT2D eigenvalue weighted by Gasteiger charge is 2.22. The number of amides is 1. The third kappa shape index (κ3) is 4.38. The SMILES string of the molecule is Cn1c(=O)n(CC(=O)N2CCCC2)c(=O)c2cc(S(=O)(=O)Nc3ccc(F)c(Cl)c3)ccc21. The van der Waals surface area contributed by atoms with Gasteiger partial charge in [0.05, 0.1) is 26.5 Å². The number of likely N-dealkylation sites (tertiary alicyclic amines) is 1. The topological polar surface area (TPSA) is 110 Å². The van der Waals surface area contributed by atoms with Gasteiger partial charge in [0.1, 0.15) is 12.4 Å². The van der Waals surface area contributed by atoms with Crippen molar-refractivity contribution in [2.45, 2.75) is 24.3 Å². The van der Waals surface area contributed by atoms with Gasteiger partial charge < -0.3 is 4.90 Å². The van der Waals surface area contributed by atoms with Crippen LogP contribution in [0.4, 0.5) is 10.1 Å². The predicted molar refractivity (Wildman–Crippen MR) is 121 cm³/mol. The zero-order valence-electron chi connectivity index (χ0n) is 17.5. The van der Waals surface area contributed by atoms with Crippen LogP contribution in [-0.4, -0.2) is 41.4 Å². The smallest absolute Gasteiger partial charge is 0.331 e.